The normalized spacial score (nSPS) is 19.9. The van der Waals surface area contributed by atoms with E-state index >= 15 is 0 Å². The van der Waals surface area contributed by atoms with Crippen molar-refractivity contribution in [2.45, 2.75) is 53.0 Å². The average Bonchev–Trinajstić information content (AvgIpc) is 2.82. The van der Waals surface area contributed by atoms with Crippen LogP contribution in [0, 0.1) is 11.3 Å². The molecule has 0 radical (unpaired) electrons. The van der Waals surface area contributed by atoms with Gasteiger partial charge in [-0.25, -0.2) is 0 Å². The number of nitrogens with one attached hydrogen (secondary N) is 1. The van der Waals surface area contributed by atoms with Crippen LogP contribution in [0.5, 0.6) is 0 Å². The molecule has 0 fully saturated rings. The maximum Gasteiger partial charge on any atom is 0.228 e. The summed E-state index contributed by atoms with van der Waals surface area (Å²) in [5, 5.41) is 4.35. The fourth-order valence-corrected chi connectivity index (χ4v) is 5.01. The molecule has 2 aromatic rings. The number of anilines is 2. The van der Waals surface area contributed by atoms with Crippen molar-refractivity contribution in [1.29, 1.82) is 0 Å². The predicted molar refractivity (Wildman–Crippen MR) is 131 cm³/mol. The Kier molecular flexibility index (Phi) is 6.12. The smallest absolute Gasteiger partial charge is 0.228 e. The number of fused-ring (bicyclic) bond motifs is 1. The summed E-state index contributed by atoms with van der Waals surface area (Å²) in [6.07, 6.45) is 1.51. The minimum atomic E-state index is -0.578. The zero-order valence-corrected chi connectivity index (χ0v) is 20.3. The highest BCUT2D eigenvalue weighted by atomic mass is 35.5. The van der Waals surface area contributed by atoms with Crippen molar-refractivity contribution < 1.29 is 9.59 Å². The Balaban J connectivity index is 2.00. The molecule has 168 valence electrons. The molecule has 4 rings (SSSR count). The molecule has 1 N–H and O–H groups in total. The Labute approximate surface area is 199 Å². The highest BCUT2D eigenvalue weighted by molar-refractivity contribution is 6.42. The molecule has 0 unspecified atom stereocenters. The van der Waals surface area contributed by atoms with E-state index in [-0.39, 0.29) is 23.0 Å². The molecule has 1 amide bonds. The van der Waals surface area contributed by atoms with Crippen molar-refractivity contribution >= 4 is 46.3 Å². The van der Waals surface area contributed by atoms with Crippen LogP contribution in [-0.2, 0) is 9.59 Å². The molecule has 0 bridgehead atoms. The summed E-state index contributed by atoms with van der Waals surface area (Å²) >= 11 is 12.6. The van der Waals surface area contributed by atoms with E-state index in [2.05, 4.69) is 19.2 Å². The number of benzene rings is 2. The van der Waals surface area contributed by atoms with Crippen molar-refractivity contribution in [3.63, 3.8) is 0 Å². The van der Waals surface area contributed by atoms with E-state index in [0.717, 1.165) is 22.6 Å². The number of hydrogen-bond donors (Lipinski definition) is 1. The number of carbonyl (C=O) groups is 2. The van der Waals surface area contributed by atoms with Gasteiger partial charge in [0.25, 0.3) is 0 Å². The first kappa shape index (κ1) is 22.9. The van der Waals surface area contributed by atoms with Crippen LogP contribution in [0.25, 0.3) is 0 Å². The standard InChI is InChI=1S/C26H28Cl2N2O2/c1-15(2)11-23(32)30-21-8-6-5-7-19(21)29-20-13-26(3,4)14-22(31)24(20)25(30)16-9-10-17(27)18(28)12-16/h5-10,12,15,25,29H,11,13-14H2,1-4H3/t25-/m0/s1. The summed E-state index contributed by atoms with van der Waals surface area (Å²) in [5.41, 5.74) is 3.69. The zero-order chi connectivity index (χ0) is 23.2. The maximum atomic E-state index is 13.7. The van der Waals surface area contributed by atoms with Gasteiger partial charge in [0.2, 0.25) is 5.91 Å². The summed E-state index contributed by atoms with van der Waals surface area (Å²) in [6.45, 7) is 8.24. The predicted octanol–water partition coefficient (Wildman–Crippen LogP) is 7.18. The molecule has 32 heavy (non-hydrogen) atoms. The Hall–Kier alpha value is -2.30. The molecule has 0 saturated carbocycles. The largest absolute Gasteiger partial charge is 0.357 e. The molecule has 0 aromatic heterocycles. The second-order valence-corrected chi connectivity index (χ2v) is 10.7. The lowest BCUT2D eigenvalue weighted by Crippen LogP contribution is -2.40. The molecule has 1 aliphatic heterocycles. The molecular formula is C26H28Cl2N2O2. The summed E-state index contributed by atoms with van der Waals surface area (Å²) in [7, 11) is 0. The van der Waals surface area contributed by atoms with Crippen LogP contribution in [-0.4, -0.2) is 11.7 Å². The third-order valence-electron chi connectivity index (χ3n) is 6.01. The molecule has 2 aromatic carbocycles. The lowest BCUT2D eigenvalue weighted by molar-refractivity contribution is -0.120. The Bertz CT molecular complexity index is 1120. The van der Waals surface area contributed by atoms with Crippen LogP contribution in [0.1, 0.15) is 58.6 Å². The summed E-state index contributed by atoms with van der Waals surface area (Å²) < 4.78 is 0. The Morgan fingerprint density at radius 1 is 1.12 bits per heavy atom. The molecule has 4 nitrogen and oxygen atoms in total. The average molecular weight is 471 g/mol. The van der Waals surface area contributed by atoms with Crippen LogP contribution in [0.15, 0.2) is 53.7 Å². The van der Waals surface area contributed by atoms with E-state index in [4.69, 9.17) is 23.2 Å². The van der Waals surface area contributed by atoms with E-state index in [1.54, 1.807) is 17.0 Å². The van der Waals surface area contributed by atoms with E-state index in [1.807, 2.05) is 44.2 Å². The first-order valence-electron chi connectivity index (χ1n) is 11.0. The third-order valence-corrected chi connectivity index (χ3v) is 6.75. The van der Waals surface area contributed by atoms with Crippen molar-refractivity contribution in [3.05, 3.63) is 69.3 Å². The van der Waals surface area contributed by atoms with E-state index in [9.17, 15) is 9.59 Å². The third kappa shape index (κ3) is 4.31. The van der Waals surface area contributed by atoms with Gasteiger partial charge in [-0.05, 0) is 47.6 Å². The number of carbonyl (C=O) groups excluding carboxylic acids is 2. The number of nitrogens with zero attached hydrogens (tertiary/aromatic N) is 1. The quantitative estimate of drug-likeness (QED) is 0.516. The van der Waals surface area contributed by atoms with Gasteiger partial charge in [-0.15, -0.1) is 0 Å². The second kappa shape index (κ2) is 8.57. The molecule has 0 saturated heterocycles. The first-order valence-corrected chi connectivity index (χ1v) is 11.7. The SMILES string of the molecule is CC(C)CC(=O)N1c2ccccc2NC2=C(C(=O)CC(C)(C)C2)[C@@H]1c1ccc(Cl)c(Cl)c1. The number of amides is 1. The molecular weight excluding hydrogens is 443 g/mol. The van der Waals surface area contributed by atoms with Gasteiger partial charge < -0.3 is 5.32 Å². The fourth-order valence-electron chi connectivity index (χ4n) is 4.71. The number of para-hydroxylation sites is 2. The number of ketones is 1. The van der Waals surface area contributed by atoms with Crippen molar-refractivity contribution in [2.24, 2.45) is 11.3 Å². The van der Waals surface area contributed by atoms with Gasteiger partial charge in [-0.2, -0.15) is 0 Å². The van der Waals surface area contributed by atoms with Crippen LogP contribution in [0.4, 0.5) is 11.4 Å². The molecule has 1 atom stereocenters. The van der Waals surface area contributed by atoms with Gasteiger partial charge in [0, 0.05) is 24.1 Å². The lowest BCUT2D eigenvalue weighted by Gasteiger charge is -2.37. The van der Waals surface area contributed by atoms with Crippen LogP contribution >= 0.6 is 23.2 Å². The fraction of sp³-hybridized carbons (Fsp3) is 0.385. The number of Topliss-reactive ketones (excluding diaryl/α,β-unsaturated/α-hetero) is 1. The summed E-state index contributed by atoms with van der Waals surface area (Å²) in [6, 6.07) is 12.5. The van der Waals surface area contributed by atoms with Gasteiger partial charge in [-0.3, -0.25) is 14.5 Å². The van der Waals surface area contributed by atoms with E-state index in [1.165, 1.54) is 0 Å². The van der Waals surface area contributed by atoms with Gasteiger partial charge in [0.05, 0.1) is 27.5 Å². The number of allylic oxidation sites excluding steroid dienone is 1. The van der Waals surface area contributed by atoms with Gasteiger partial charge >= 0.3 is 0 Å². The maximum absolute atomic E-state index is 13.7. The summed E-state index contributed by atoms with van der Waals surface area (Å²) in [5.74, 6) is 0.196. The second-order valence-electron chi connectivity index (χ2n) is 9.91. The van der Waals surface area contributed by atoms with Crippen molar-refractivity contribution in [3.8, 4) is 0 Å². The number of rotatable bonds is 3. The highest BCUT2D eigenvalue weighted by Crippen LogP contribution is 2.49. The molecule has 1 aliphatic carbocycles. The van der Waals surface area contributed by atoms with Crippen LogP contribution in [0.2, 0.25) is 10.0 Å². The topological polar surface area (TPSA) is 49.4 Å². The van der Waals surface area contributed by atoms with Gasteiger partial charge in [0.15, 0.2) is 5.78 Å². The molecule has 2 aliphatic rings. The minimum Gasteiger partial charge on any atom is -0.357 e. The number of hydrogen-bond acceptors (Lipinski definition) is 3. The highest BCUT2D eigenvalue weighted by Gasteiger charge is 2.43. The minimum absolute atomic E-state index is 0.0308. The Morgan fingerprint density at radius 2 is 1.84 bits per heavy atom. The Morgan fingerprint density at radius 3 is 2.53 bits per heavy atom. The van der Waals surface area contributed by atoms with E-state index in [0.29, 0.717) is 34.9 Å². The molecule has 0 spiro atoms. The van der Waals surface area contributed by atoms with Crippen LogP contribution < -0.4 is 10.2 Å². The molecule has 6 heteroatoms. The zero-order valence-electron chi connectivity index (χ0n) is 18.8. The van der Waals surface area contributed by atoms with E-state index < -0.39 is 6.04 Å². The summed E-state index contributed by atoms with van der Waals surface area (Å²) in [4.78, 5) is 29.0. The first-order chi connectivity index (χ1) is 15.1. The monoisotopic (exact) mass is 470 g/mol. The van der Waals surface area contributed by atoms with Gasteiger partial charge in [0.1, 0.15) is 0 Å². The number of halogens is 2. The van der Waals surface area contributed by atoms with Gasteiger partial charge in [-0.1, -0.05) is 69.1 Å². The van der Waals surface area contributed by atoms with Crippen molar-refractivity contribution in [2.75, 3.05) is 10.2 Å². The lowest BCUT2D eigenvalue weighted by atomic mass is 9.73. The molecule has 1 heterocycles. The van der Waals surface area contributed by atoms with Crippen LogP contribution in [0.3, 0.4) is 0 Å². The van der Waals surface area contributed by atoms with Crippen molar-refractivity contribution in [1.82, 2.24) is 0 Å².